The van der Waals surface area contributed by atoms with Gasteiger partial charge in [0.1, 0.15) is 0 Å². The first-order valence-electron chi connectivity index (χ1n) is 10.2. The molecule has 0 saturated carbocycles. The zero-order chi connectivity index (χ0) is 19.2. The van der Waals surface area contributed by atoms with E-state index in [0.717, 1.165) is 6.42 Å². The number of rotatable bonds is 2. The Morgan fingerprint density at radius 2 is 1.07 bits per heavy atom. The first kappa shape index (κ1) is 16.3. The van der Waals surface area contributed by atoms with Gasteiger partial charge in [-0.25, -0.2) is 0 Å². The Morgan fingerprint density at radius 3 is 1.90 bits per heavy atom. The van der Waals surface area contributed by atoms with Crippen LogP contribution in [0.25, 0.3) is 44.2 Å². The molecule has 6 rings (SSSR count). The molecule has 0 amide bonds. The lowest BCUT2D eigenvalue weighted by Gasteiger charge is -2.10. The molecule has 0 N–H and O–H groups in total. The van der Waals surface area contributed by atoms with E-state index in [4.69, 9.17) is 0 Å². The van der Waals surface area contributed by atoms with E-state index in [1.54, 1.807) is 0 Å². The van der Waals surface area contributed by atoms with E-state index in [0.29, 0.717) is 0 Å². The van der Waals surface area contributed by atoms with E-state index in [1.165, 1.54) is 55.3 Å². The molecule has 136 valence electrons. The first-order chi connectivity index (χ1) is 14.4. The summed E-state index contributed by atoms with van der Waals surface area (Å²) < 4.78 is 0. The van der Waals surface area contributed by atoms with Gasteiger partial charge in [-0.2, -0.15) is 0 Å². The SMILES string of the molecule is c1ccc(-c2ccc(-c3ccc4c(c3)-c3c(ccc5ccccc35)C4)cc2)cc1. The number of hydrogen-bond acceptors (Lipinski definition) is 0. The third kappa shape index (κ3) is 2.68. The van der Waals surface area contributed by atoms with Crippen LogP contribution in [0.2, 0.25) is 0 Å². The summed E-state index contributed by atoms with van der Waals surface area (Å²) >= 11 is 0. The Morgan fingerprint density at radius 1 is 0.448 bits per heavy atom. The van der Waals surface area contributed by atoms with Gasteiger partial charge >= 0.3 is 0 Å². The normalized spacial score (nSPS) is 12.0. The molecule has 0 spiro atoms. The summed E-state index contributed by atoms with van der Waals surface area (Å²) in [7, 11) is 0. The van der Waals surface area contributed by atoms with Crippen LogP contribution in [0.5, 0.6) is 0 Å². The Bertz CT molecular complexity index is 1340. The fourth-order valence-corrected chi connectivity index (χ4v) is 4.62. The minimum absolute atomic E-state index is 1.03. The standard InChI is InChI=1S/C29H20/c1-2-6-20(7-3-1)21-10-12-22(13-11-21)24-15-16-25-18-26-17-14-23-8-4-5-9-27(23)29(26)28(25)19-24/h1-17,19H,18H2. The van der Waals surface area contributed by atoms with Crippen molar-refractivity contribution in [2.24, 2.45) is 0 Å². The van der Waals surface area contributed by atoms with Crippen molar-refractivity contribution in [1.29, 1.82) is 0 Å². The van der Waals surface area contributed by atoms with Gasteiger partial charge < -0.3 is 0 Å². The van der Waals surface area contributed by atoms with Crippen LogP contribution in [-0.4, -0.2) is 0 Å². The molecule has 0 radical (unpaired) electrons. The molecule has 0 saturated heterocycles. The smallest absolute Gasteiger partial charge is 0.00132 e. The van der Waals surface area contributed by atoms with Gasteiger partial charge in [-0.05, 0) is 67.8 Å². The van der Waals surface area contributed by atoms with Crippen LogP contribution < -0.4 is 0 Å². The van der Waals surface area contributed by atoms with Crippen molar-refractivity contribution in [3.63, 3.8) is 0 Å². The highest BCUT2D eigenvalue weighted by Gasteiger charge is 2.21. The molecule has 5 aromatic rings. The van der Waals surface area contributed by atoms with E-state index in [-0.39, 0.29) is 0 Å². The van der Waals surface area contributed by atoms with E-state index in [1.807, 2.05) is 0 Å². The van der Waals surface area contributed by atoms with Crippen molar-refractivity contribution >= 4 is 10.8 Å². The molecular formula is C29H20. The summed E-state index contributed by atoms with van der Waals surface area (Å²) in [5, 5.41) is 2.68. The third-order valence-corrected chi connectivity index (χ3v) is 6.10. The topological polar surface area (TPSA) is 0 Å². The predicted octanol–water partition coefficient (Wildman–Crippen LogP) is 7.75. The quantitative estimate of drug-likeness (QED) is 0.293. The van der Waals surface area contributed by atoms with Gasteiger partial charge in [0, 0.05) is 0 Å². The maximum atomic E-state index is 2.38. The largest absolute Gasteiger partial charge is 0.0622 e. The maximum absolute atomic E-state index is 2.38. The average molecular weight is 368 g/mol. The lowest BCUT2D eigenvalue weighted by molar-refractivity contribution is 1.27. The molecule has 0 heterocycles. The Balaban J connectivity index is 1.45. The Hall–Kier alpha value is -3.64. The predicted molar refractivity (Wildman–Crippen MR) is 123 cm³/mol. The van der Waals surface area contributed by atoms with Gasteiger partial charge in [0.25, 0.3) is 0 Å². The second kappa shape index (κ2) is 6.46. The summed E-state index contributed by atoms with van der Waals surface area (Å²) in [6.07, 6.45) is 1.03. The molecule has 1 aliphatic rings. The molecular weight excluding hydrogens is 348 g/mol. The van der Waals surface area contributed by atoms with E-state index in [9.17, 15) is 0 Å². The molecule has 0 bridgehead atoms. The van der Waals surface area contributed by atoms with Gasteiger partial charge in [-0.15, -0.1) is 0 Å². The number of hydrogen-bond donors (Lipinski definition) is 0. The highest BCUT2D eigenvalue weighted by atomic mass is 14.2. The van der Waals surface area contributed by atoms with Crippen LogP contribution >= 0.6 is 0 Å². The van der Waals surface area contributed by atoms with Gasteiger partial charge in [0.05, 0.1) is 0 Å². The summed E-state index contributed by atoms with van der Waals surface area (Å²) in [6, 6.07) is 39.7. The Kier molecular flexibility index (Phi) is 3.64. The minimum Gasteiger partial charge on any atom is -0.0622 e. The van der Waals surface area contributed by atoms with Crippen molar-refractivity contribution in [1.82, 2.24) is 0 Å². The molecule has 5 aromatic carbocycles. The van der Waals surface area contributed by atoms with Crippen molar-refractivity contribution in [3.05, 3.63) is 120 Å². The molecule has 0 unspecified atom stereocenters. The summed E-state index contributed by atoms with van der Waals surface area (Å²) in [5.41, 5.74) is 10.7. The molecule has 1 aliphatic carbocycles. The van der Waals surface area contributed by atoms with Crippen molar-refractivity contribution in [3.8, 4) is 33.4 Å². The third-order valence-electron chi connectivity index (χ3n) is 6.10. The number of benzene rings is 5. The van der Waals surface area contributed by atoms with Gasteiger partial charge in [0.2, 0.25) is 0 Å². The zero-order valence-electron chi connectivity index (χ0n) is 16.1. The van der Waals surface area contributed by atoms with Crippen LogP contribution in [0.15, 0.2) is 109 Å². The van der Waals surface area contributed by atoms with E-state index < -0.39 is 0 Å². The molecule has 0 aliphatic heterocycles. The van der Waals surface area contributed by atoms with Crippen LogP contribution in [0.1, 0.15) is 11.1 Å². The highest BCUT2D eigenvalue weighted by molar-refractivity contribution is 6.01. The van der Waals surface area contributed by atoms with Gasteiger partial charge in [-0.1, -0.05) is 103 Å². The monoisotopic (exact) mass is 368 g/mol. The molecule has 0 atom stereocenters. The second-order valence-corrected chi connectivity index (χ2v) is 7.81. The molecule has 29 heavy (non-hydrogen) atoms. The molecule has 0 heteroatoms. The molecule has 0 nitrogen and oxygen atoms in total. The lowest BCUT2D eigenvalue weighted by atomic mass is 9.94. The van der Waals surface area contributed by atoms with Crippen molar-refractivity contribution in [2.75, 3.05) is 0 Å². The van der Waals surface area contributed by atoms with Gasteiger partial charge in [-0.3, -0.25) is 0 Å². The van der Waals surface area contributed by atoms with Crippen LogP contribution in [0.4, 0.5) is 0 Å². The number of fused-ring (bicyclic) bond motifs is 5. The summed E-state index contributed by atoms with van der Waals surface area (Å²) in [5.74, 6) is 0. The van der Waals surface area contributed by atoms with Crippen LogP contribution in [0.3, 0.4) is 0 Å². The zero-order valence-corrected chi connectivity index (χ0v) is 16.1. The van der Waals surface area contributed by atoms with Crippen LogP contribution in [-0.2, 0) is 6.42 Å². The van der Waals surface area contributed by atoms with Crippen molar-refractivity contribution in [2.45, 2.75) is 6.42 Å². The molecule has 0 fully saturated rings. The van der Waals surface area contributed by atoms with E-state index >= 15 is 0 Å². The molecule has 0 aromatic heterocycles. The summed E-state index contributed by atoms with van der Waals surface area (Å²) in [4.78, 5) is 0. The first-order valence-corrected chi connectivity index (χ1v) is 10.2. The Labute approximate surface area is 171 Å². The lowest BCUT2D eigenvalue weighted by Crippen LogP contribution is -1.84. The van der Waals surface area contributed by atoms with Gasteiger partial charge in [0.15, 0.2) is 0 Å². The van der Waals surface area contributed by atoms with Crippen molar-refractivity contribution < 1.29 is 0 Å². The van der Waals surface area contributed by atoms with E-state index in [2.05, 4.69) is 109 Å². The average Bonchev–Trinajstić information content (AvgIpc) is 3.18. The summed E-state index contributed by atoms with van der Waals surface area (Å²) in [6.45, 7) is 0. The fraction of sp³-hybridized carbons (Fsp3) is 0.0345. The highest BCUT2D eigenvalue weighted by Crippen LogP contribution is 2.43. The maximum Gasteiger partial charge on any atom is -0.00132 e. The second-order valence-electron chi connectivity index (χ2n) is 7.81. The fourth-order valence-electron chi connectivity index (χ4n) is 4.62. The minimum atomic E-state index is 1.03. The van der Waals surface area contributed by atoms with Crippen LogP contribution in [0, 0.1) is 0 Å².